The van der Waals surface area contributed by atoms with Crippen molar-refractivity contribution in [3.05, 3.63) is 47.8 Å². The number of carbonyl (C=O) groups is 1. The second kappa shape index (κ2) is 8.25. The highest BCUT2D eigenvalue weighted by Gasteiger charge is 2.33. The number of carbonyl (C=O) groups excluding carboxylic acids is 1. The van der Waals surface area contributed by atoms with E-state index in [1.165, 1.54) is 6.20 Å². The van der Waals surface area contributed by atoms with Crippen LogP contribution in [0.5, 0.6) is 0 Å². The Bertz CT molecular complexity index is 890. The first-order chi connectivity index (χ1) is 13.7. The standard InChI is InChI=1S/C20H22F3N5O/c1-14(2)17(13-24)26-9-11-27(12-10-26)19(29)15-3-5-16(6-4-15)28-8-7-18(25-28)20(21,22)23/h3-8,14,17H,9-12H2,1-2H3. The monoisotopic (exact) mass is 405 g/mol. The van der Waals surface area contributed by atoms with Crippen LogP contribution in [0.1, 0.15) is 29.9 Å². The van der Waals surface area contributed by atoms with Crippen LogP contribution in [0.2, 0.25) is 0 Å². The summed E-state index contributed by atoms with van der Waals surface area (Å²) in [4.78, 5) is 16.6. The summed E-state index contributed by atoms with van der Waals surface area (Å²) in [7, 11) is 0. The van der Waals surface area contributed by atoms with Crippen LogP contribution in [0.15, 0.2) is 36.5 Å². The molecule has 9 heteroatoms. The van der Waals surface area contributed by atoms with Crippen molar-refractivity contribution < 1.29 is 18.0 Å². The first-order valence-corrected chi connectivity index (χ1v) is 9.37. The second-order valence-electron chi connectivity index (χ2n) is 7.34. The van der Waals surface area contributed by atoms with Gasteiger partial charge in [0.2, 0.25) is 0 Å². The van der Waals surface area contributed by atoms with Crippen LogP contribution in [0.25, 0.3) is 5.69 Å². The van der Waals surface area contributed by atoms with Gasteiger partial charge in [-0.05, 0) is 36.2 Å². The summed E-state index contributed by atoms with van der Waals surface area (Å²) in [6, 6.07) is 9.38. The number of hydrogen-bond acceptors (Lipinski definition) is 4. The fourth-order valence-corrected chi connectivity index (χ4v) is 3.41. The molecule has 1 atom stereocenters. The highest BCUT2D eigenvalue weighted by Crippen LogP contribution is 2.28. The highest BCUT2D eigenvalue weighted by atomic mass is 19.4. The molecule has 0 aliphatic carbocycles. The first-order valence-electron chi connectivity index (χ1n) is 9.37. The quantitative estimate of drug-likeness (QED) is 0.784. The maximum atomic E-state index is 12.7. The smallest absolute Gasteiger partial charge is 0.336 e. The number of alkyl halides is 3. The summed E-state index contributed by atoms with van der Waals surface area (Å²) in [5.74, 6) is 0.0839. The fourth-order valence-electron chi connectivity index (χ4n) is 3.41. The zero-order chi connectivity index (χ0) is 21.2. The molecule has 0 N–H and O–H groups in total. The molecule has 2 aromatic rings. The van der Waals surface area contributed by atoms with E-state index in [1.54, 1.807) is 29.2 Å². The number of nitrogens with zero attached hydrogens (tertiary/aromatic N) is 5. The number of nitriles is 1. The van der Waals surface area contributed by atoms with Gasteiger partial charge in [0, 0.05) is 37.9 Å². The van der Waals surface area contributed by atoms with Crippen molar-refractivity contribution in [2.45, 2.75) is 26.1 Å². The molecule has 154 valence electrons. The Morgan fingerprint density at radius 3 is 2.21 bits per heavy atom. The molecule has 1 amide bonds. The minimum Gasteiger partial charge on any atom is -0.336 e. The molecule has 2 heterocycles. The zero-order valence-corrected chi connectivity index (χ0v) is 16.2. The van der Waals surface area contributed by atoms with Gasteiger partial charge in [-0.15, -0.1) is 0 Å². The fraction of sp³-hybridized carbons (Fsp3) is 0.450. The number of halogens is 3. The number of hydrogen-bond donors (Lipinski definition) is 0. The summed E-state index contributed by atoms with van der Waals surface area (Å²) >= 11 is 0. The van der Waals surface area contributed by atoms with E-state index < -0.39 is 11.9 Å². The Morgan fingerprint density at radius 2 is 1.72 bits per heavy atom. The number of amides is 1. The van der Waals surface area contributed by atoms with Crippen LogP contribution in [-0.4, -0.2) is 57.7 Å². The Kier molecular flexibility index (Phi) is 5.94. The van der Waals surface area contributed by atoms with Crippen LogP contribution in [-0.2, 0) is 6.18 Å². The maximum absolute atomic E-state index is 12.7. The third-order valence-corrected chi connectivity index (χ3v) is 5.02. The molecule has 0 bridgehead atoms. The number of benzene rings is 1. The van der Waals surface area contributed by atoms with Gasteiger partial charge in [-0.3, -0.25) is 9.69 Å². The maximum Gasteiger partial charge on any atom is 0.435 e. The molecular formula is C20H22F3N5O. The Balaban J connectivity index is 1.64. The lowest BCUT2D eigenvalue weighted by molar-refractivity contribution is -0.141. The third kappa shape index (κ3) is 4.59. The van der Waals surface area contributed by atoms with Crippen molar-refractivity contribution in [3.8, 4) is 11.8 Å². The van der Waals surface area contributed by atoms with E-state index in [0.717, 1.165) is 10.7 Å². The largest absolute Gasteiger partial charge is 0.435 e. The van der Waals surface area contributed by atoms with Crippen LogP contribution in [0, 0.1) is 17.2 Å². The van der Waals surface area contributed by atoms with Crippen molar-refractivity contribution in [3.63, 3.8) is 0 Å². The van der Waals surface area contributed by atoms with Gasteiger partial charge < -0.3 is 4.90 Å². The zero-order valence-electron chi connectivity index (χ0n) is 16.2. The van der Waals surface area contributed by atoms with Crippen molar-refractivity contribution in [2.24, 2.45) is 5.92 Å². The SMILES string of the molecule is CC(C)C(C#N)N1CCN(C(=O)c2ccc(-n3ccc(C(F)(F)F)n3)cc2)CC1. The minimum atomic E-state index is -4.50. The second-order valence-corrected chi connectivity index (χ2v) is 7.34. The van der Waals surface area contributed by atoms with Crippen molar-refractivity contribution in [1.82, 2.24) is 19.6 Å². The Morgan fingerprint density at radius 1 is 1.10 bits per heavy atom. The normalized spacial score (nSPS) is 16.7. The third-order valence-electron chi connectivity index (χ3n) is 5.02. The van der Waals surface area contributed by atoms with Crippen molar-refractivity contribution in [1.29, 1.82) is 5.26 Å². The summed E-state index contributed by atoms with van der Waals surface area (Å²) in [5, 5.41) is 12.9. The number of aromatic nitrogens is 2. The minimum absolute atomic E-state index is 0.134. The molecule has 3 rings (SSSR count). The van der Waals surface area contributed by atoms with E-state index >= 15 is 0 Å². The molecule has 1 unspecified atom stereocenters. The van der Waals surface area contributed by atoms with E-state index in [-0.39, 0.29) is 17.9 Å². The lowest BCUT2D eigenvalue weighted by atomic mass is 10.0. The molecule has 1 fully saturated rings. The van der Waals surface area contributed by atoms with E-state index in [2.05, 4.69) is 16.1 Å². The van der Waals surface area contributed by atoms with Gasteiger partial charge in [0.15, 0.2) is 5.69 Å². The van der Waals surface area contributed by atoms with Gasteiger partial charge in [-0.2, -0.15) is 23.5 Å². The number of rotatable bonds is 4. The van der Waals surface area contributed by atoms with Crippen LogP contribution < -0.4 is 0 Å². The molecule has 1 aliphatic rings. The van der Waals surface area contributed by atoms with Gasteiger partial charge in [-0.25, -0.2) is 4.68 Å². The molecule has 1 aromatic heterocycles. The van der Waals surface area contributed by atoms with Crippen LogP contribution in [0.4, 0.5) is 13.2 Å². The van der Waals surface area contributed by atoms with E-state index in [4.69, 9.17) is 0 Å². The Hall–Kier alpha value is -2.86. The molecule has 1 aromatic carbocycles. The molecule has 6 nitrogen and oxygen atoms in total. The first kappa shape index (κ1) is 20.9. The lowest BCUT2D eigenvalue weighted by Gasteiger charge is -2.38. The summed E-state index contributed by atoms with van der Waals surface area (Å²) in [6.45, 7) is 6.33. The molecule has 29 heavy (non-hydrogen) atoms. The average Bonchev–Trinajstić information content (AvgIpc) is 3.19. The molecule has 0 radical (unpaired) electrons. The van der Waals surface area contributed by atoms with Gasteiger partial charge in [0.05, 0.1) is 11.8 Å². The lowest BCUT2D eigenvalue weighted by Crippen LogP contribution is -2.52. The van der Waals surface area contributed by atoms with Crippen LogP contribution >= 0.6 is 0 Å². The van der Waals surface area contributed by atoms with Crippen LogP contribution in [0.3, 0.4) is 0 Å². The number of piperazine rings is 1. The molecule has 1 saturated heterocycles. The summed E-state index contributed by atoms with van der Waals surface area (Å²) in [6.07, 6.45) is -3.26. The predicted molar refractivity (Wildman–Crippen MR) is 100 cm³/mol. The highest BCUT2D eigenvalue weighted by molar-refractivity contribution is 5.94. The van der Waals surface area contributed by atoms with Crippen molar-refractivity contribution >= 4 is 5.91 Å². The van der Waals surface area contributed by atoms with Gasteiger partial charge in [0.25, 0.3) is 5.91 Å². The Labute approximate surface area is 167 Å². The molecule has 0 saturated carbocycles. The van der Waals surface area contributed by atoms with E-state index in [1.807, 2.05) is 13.8 Å². The van der Waals surface area contributed by atoms with Gasteiger partial charge >= 0.3 is 6.18 Å². The van der Waals surface area contributed by atoms with E-state index in [0.29, 0.717) is 37.4 Å². The topological polar surface area (TPSA) is 65.2 Å². The molecular weight excluding hydrogens is 383 g/mol. The van der Waals surface area contributed by atoms with Crippen molar-refractivity contribution in [2.75, 3.05) is 26.2 Å². The average molecular weight is 405 g/mol. The van der Waals surface area contributed by atoms with E-state index in [9.17, 15) is 23.2 Å². The van der Waals surface area contributed by atoms with Gasteiger partial charge in [-0.1, -0.05) is 13.8 Å². The molecule has 1 aliphatic heterocycles. The molecule has 0 spiro atoms. The summed E-state index contributed by atoms with van der Waals surface area (Å²) in [5.41, 5.74) is -0.0608. The predicted octanol–water partition coefficient (Wildman–Crippen LogP) is 3.20. The summed E-state index contributed by atoms with van der Waals surface area (Å²) < 4.78 is 39.2. The van der Waals surface area contributed by atoms with Gasteiger partial charge in [0.1, 0.15) is 6.04 Å².